The molecule has 0 spiro atoms. The first-order valence-corrected chi connectivity index (χ1v) is 14.0. The molecule has 192 valence electrons. The van der Waals surface area contributed by atoms with E-state index in [9.17, 15) is 0 Å². The zero-order valence-electron chi connectivity index (χ0n) is 22.7. The van der Waals surface area contributed by atoms with Crippen molar-refractivity contribution in [3.8, 4) is 33.5 Å². The van der Waals surface area contributed by atoms with Crippen molar-refractivity contribution < 1.29 is 0 Å². The molecule has 2 heteroatoms. The number of benzene rings is 6. The van der Waals surface area contributed by atoms with Gasteiger partial charge in [0.15, 0.2) is 0 Å². The quantitative estimate of drug-likeness (QED) is 0.170. The van der Waals surface area contributed by atoms with E-state index in [0.29, 0.717) is 0 Å². The molecule has 0 unspecified atom stereocenters. The van der Waals surface area contributed by atoms with E-state index in [1.807, 2.05) is 6.20 Å². The molecule has 0 bridgehead atoms. The Hall–Kier alpha value is -5.34. The predicted octanol–water partition coefficient (Wildman–Crippen LogP) is 10.4. The van der Waals surface area contributed by atoms with Gasteiger partial charge in [-0.1, -0.05) is 121 Å². The highest BCUT2D eigenvalue weighted by Gasteiger charge is 2.18. The maximum atomic E-state index is 5.46. The third-order valence-electron chi connectivity index (χ3n) is 8.13. The highest BCUT2D eigenvalue weighted by molar-refractivity contribution is 6.16. The van der Waals surface area contributed by atoms with E-state index in [1.54, 1.807) is 0 Å². The first kappa shape index (κ1) is 23.5. The van der Waals surface area contributed by atoms with Gasteiger partial charge in [-0.05, 0) is 68.9 Å². The average molecular weight is 523 g/mol. The minimum Gasteiger partial charge on any atom is -0.254 e. The van der Waals surface area contributed by atoms with Crippen molar-refractivity contribution in [1.29, 1.82) is 0 Å². The Morgan fingerprint density at radius 3 is 1.90 bits per heavy atom. The van der Waals surface area contributed by atoms with Crippen molar-refractivity contribution in [1.82, 2.24) is 9.97 Å². The number of hydrogen-bond acceptors (Lipinski definition) is 2. The average Bonchev–Trinajstić information content (AvgIpc) is 3.03. The zero-order chi connectivity index (χ0) is 27.3. The molecule has 0 radical (unpaired) electrons. The van der Waals surface area contributed by atoms with Gasteiger partial charge in [0.2, 0.25) is 0 Å². The summed E-state index contributed by atoms with van der Waals surface area (Å²) in [6, 6.07) is 47.6. The van der Waals surface area contributed by atoms with E-state index in [-0.39, 0.29) is 0 Å². The highest BCUT2D eigenvalue weighted by Crippen LogP contribution is 2.41. The second-order valence-corrected chi connectivity index (χ2v) is 10.7. The summed E-state index contributed by atoms with van der Waals surface area (Å²) >= 11 is 0. The van der Waals surface area contributed by atoms with Gasteiger partial charge in [-0.15, -0.1) is 0 Å². The molecule has 0 aliphatic heterocycles. The van der Waals surface area contributed by atoms with Crippen molar-refractivity contribution in [2.24, 2.45) is 0 Å². The highest BCUT2D eigenvalue weighted by atomic mass is 14.8. The third kappa shape index (κ3) is 3.88. The van der Waals surface area contributed by atoms with Gasteiger partial charge in [-0.25, -0.2) is 4.98 Å². The van der Waals surface area contributed by atoms with Gasteiger partial charge in [0, 0.05) is 22.5 Å². The van der Waals surface area contributed by atoms with Gasteiger partial charge < -0.3 is 0 Å². The molecule has 0 saturated carbocycles. The van der Waals surface area contributed by atoms with Crippen LogP contribution in [0.15, 0.2) is 140 Å². The Kier molecular flexibility index (Phi) is 5.39. The lowest BCUT2D eigenvalue weighted by molar-refractivity contribution is 1.37. The molecule has 0 aliphatic carbocycles. The van der Waals surface area contributed by atoms with Crippen molar-refractivity contribution >= 4 is 43.4 Å². The lowest BCUT2D eigenvalue weighted by atomic mass is 9.91. The largest absolute Gasteiger partial charge is 0.254 e. The van der Waals surface area contributed by atoms with E-state index >= 15 is 0 Å². The topological polar surface area (TPSA) is 25.8 Å². The van der Waals surface area contributed by atoms with Gasteiger partial charge in [0.25, 0.3) is 0 Å². The monoisotopic (exact) mass is 522 g/mol. The summed E-state index contributed by atoms with van der Waals surface area (Å²) in [4.78, 5) is 10.4. The lowest BCUT2D eigenvalue weighted by Gasteiger charge is -2.16. The summed E-state index contributed by atoms with van der Waals surface area (Å²) in [6.07, 6.45) is 1.91. The Labute approximate surface area is 238 Å². The number of hydrogen-bond donors (Lipinski definition) is 0. The molecule has 0 saturated heterocycles. The second-order valence-electron chi connectivity index (χ2n) is 10.7. The van der Waals surface area contributed by atoms with Gasteiger partial charge in [-0.2, -0.15) is 0 Å². The fourth-order valence-corrected chi connectivity index (χ4v) is 6.21. The molecule has 0 aliphatic rings. The van der Waals surface area contributed by atoms with Crippen molar-refractivity contribution in [3.63, 3.8) is 0 Å². The summed E-state index contributed by atoms with van der Waals surface area (Å²) in [5.41, 5.74) is 9.87. The standard InChI is InChI=1S/C39H26N2/c1-25-16-17-29-23-28-14-8-9-15-31(28)37(35(29)22-25)36-24-34(27-12-6-3-7-13-27)33-19-18-32-30(26-10-4-2-5-11-26)20-21-40-38(32)39(33)41-36/h2-24H,1H3. The van der Waals surface area contributed by atoms with Crippen LogP contribution >= 0.6 is 0 Å². The van der Waals surface area contributed by atoms with Crippen molar-refractivity contribution in [2.45, 2.75) is 6.92 Å². The Morgan fingerprint density at radius 1 is 0.463 bits per heavy atom. The SMILES string of the molecule is Cc1ccc2cc3ccccc3c(-c3cc(-c4ccccc4)c4ccc5c(-c6ccccc6)ccnc5c4n3)c2c1. The van der Waals surface area contributed by atoms with Crippen molar-refractivity contribution in [3.05, 3.63) is 145 Å². The van der Waals surface area contributed by atoms with Crippen molar-refractivity contribution in [2.75, 3.05) is 0 Å². The van der Waals surface area contributed by atoms with Crippen LogP contribution in [-0.2, 0) is 0 Å². The smallest absolute Gasteiger partial charge is 0.0978 e. The Balaban J connectivity index is 1.53. The molecule has 8 rings (SSSR count). The minimum absolute atomic E-state index is 0.920. The molecule has 2 nitrogen and oxygen atoms in total. The first-order chi connectivity index (χ1) is 20.2. The first-order valence-electron chi connectivity index (χ1n) is 14.0. The summed E-state index contributed by atoms with van der Waals surface area (Å²) in [6.45, 7) is 2.16. The fraction of sp³-hybridized carbons (Fsp3) is 0.0256. The summed E-state index contributed by atoms with van der Waals surface area (Å²) < 4.78 is 0. The van der Waals surface area contributed by atoms with Crippen LogP contribution in [0, 0.1) is 6.92 Å². The van der Waals surface area contributed by atoms with E-state index < -0.39 is 0 Å². The summed E-state index contributed by atoms with van der Waals surface area (Å²) in [7, 11) is 0. The number of rotatable bonds is 3. The van der Waals surface area contributed by atoms with Crippen LogP contribution < -0.4 is 0 Å². The molecular weight excluding hydrogens is 496 g/mol. The van der Waals surface area contributed by atoms with Gasteiger partial charge in [0.05, 0.1) is 16.7 Å². The number of pyridine rings is 2. The second kappa shape index (κ2) is 9.39. The van der Waals surface area contributed by atoms with Gasteiger partial charge in [0.1, 0.15) is 0 Å². The molecule has 2 aromatic heterocycles. The third-order valence-corrected chi connectivity index (χ3v) is 8.13. The van der Waals surface area contributed by atoms with Crippen LogP contribution in [0.5, 0.6) is 0 Å². The summed E-state index contributed by atoms with van der Waals surface area (Å²) in [5, 5.41) is 7.06. The molecular formula is C39H26N2. The van der Waals surface area contributed by atoms with E-state index in [0.717, 1.165) is 44.2 Å². The molecule has 2 heterocycles. The number of fused-ring (bicyclic) bond motifs is 5. The Bertz CT molecular complexity index is 2250. The minimum atomic E-state index is 0.920. The number of aromatic nitrogens is 2. The summed E-state index contributed by atoms with van der Waals surface area (Å²) in [5.74, 6) is 0. The van der Waals surface area contributed by atoms with Crippen LogP contribution in [0.1, 0.15) is 5.56 Å². The Morgan fingerprint density at radius 2 is 1.12 bits per heavy atom. The van der Waals surface area contributed by atoms with Gasteiger partial charge >= 0.3 is 0 Å². The normalized spacial score (nSPS) is 11.5. The number of nitrogens with zero attached hydrogens (tertiary/aromatic N) is 2. The fourth-order valence-electron chi connectivity index (χ4n) is 6.21. The van der Waals surface area contributed by atoms with Crippen LogP contribution in [-0.4, -0.2) is 9.97 Å². The molecule has 6 aromatic carbocycles. The zero-order valence-corrected chi connectivity index (χ0v) is 22.7. The maximum Gasteiger partial charge on any atom is 0.0978 e. The van der Waals surface area contributed by atoms with Crippen LogP contribution in [0.3, 0.4) is 0 Å². The molecule has 8 aromatic rings. The van der Waals surface area contributed by atoms with Crippen LogP contribution in [0.2, 0.25) is 0 Å². The molecule has 41 heavy (non-hydrogen) atoms. The predicted molar refractivity (Wildman–Crippen MR) is 173 cm³/mol. The molecule has 0 atom stereocenters. The van der Waals surface area contributed by atoms with Gasteiger partial charge in [-0.3, -0.25) is 4.98 Å². The van der Waals surface area contributed by atoms with Crippen LogP contribution in [0.4, 0.5) is 0 Å². The lowest BCUT2D eigenvalue weighted by Crippen LogP contribution is -1.95. The van der Waals surface area contributed by atoms with E-state index in [2.05, 4.69) is 140 Å². The maximum absolute atomic E-state index is 5.46. The van der Waals surface area contributed by atoms with E-state index in [4.69, 9.17) is 9.97 Å². The van der Waals surface area contributed by atoms with E-state index in [1.165, 1.54) is 38.2 Å². The molecule has 0 N–H and O–H groups in total. The number of aryl methyl sites for hydroxylation is 1. The molecule has 0 amide bonds. The van der Waals surface area contributed by atoms with Crippen LogP contribution in [0.25, 0.3) is 76.9 Å². The molecule has 0 fully saturated rings.